The molecule has 2 rings (SSSR count). The first-order valence-electron chi connectivity index (χ1n) is 6.25. The monoisotopic (exact) mass is 245 g/mol. The van der Waals surface area contributed by atoms with Crippen LogP contribution in [0.3, 0.4) is 0 Å². The van der Waals surface area contributed by atoms with Gasteiger partial charge in [-0.05, 0) is 37.2 Å². The fourth-order valence-electron chi connectivity index (χ4n) is 1.76. The fraction of sp³-hybridized carbons (Fsp3) is 0.333. The first-order valence-corrected chi connectivity index (χ1v) is 6.25. The number of hydrogen-bond donors (Lipinski definition) is 1. The number of aryl methyl sites for hydroxylation is 1. The summed E-state index contributed by atoms with van der Waals surface area (Å²) in [6, 6.07) is 10.0. The van der Waals surface area contributed by atoms with E-state index < -0.39 is 0 Å². The molecule has 1 aromatic carbocycles. The summed E-state index contributed by atoms with van der Waals surface area (Å²) in [6.07, 6.45) is 1.71. The van der Waals surface area contributed by atoms with E-state index >= 15 is 0 Å². The third-order valence-corrected chi connectivity index (χ3v) is 2.76. The minimum Gasteiger partial charge on any atom is -0.489 e. The average molecular weight is 245 g/mol. The molecular weight excluding hydrogens is 226 g/mol. The number of benzene rings is 1. The summed E-state index contributed by atoms with van der Waals surface area (Å²) in [5.41, 5.74) is 2.30. The molecule has 0 amide bonds. The first-order chi connectivity index (χ1) is 8.79. The van der Waals surface area contributed by atoms with E-state index in [1.54, 1.807) is 6.26 Å². The van der Waals surface area contributed by atoms with Crippen molar-refractivity contribution in [3.8, 4) is 5.75 Å². The van der Waals surface area contributed by atoms with E-state index in [0.29, 0.717) is 6.61 Å². The predicted octanol–water partition coefficient (Wildman–Crippen LogP) is 3.28. The predicted molar refractivity (Wildman–Crippen MR) is 71.6 cm³/mol. The highest BCUT2D eigenvalue weighted by atomic mass is 16.5. The van der Waals surface area contributed by atoms with Gasteiger partial charge in [-0.3, -0.25) is 0 Å². The molecule has 0 aliphatic heterocycles. The van der Waals surface area contributed by atoms with Gasteiger partial charge in [0.15, 0.2) is 0 Å². The lowest BCUT2D eigenvalue weighted by Crippen LogP contribution is -2.12. The Bertz CT molecular complexity index is 491. The summed E-state index contributed by atoms with van der Waals surface area (Å²) in [7, 11) is 0. The van der Waals surface area contributed by atoms with Crippen LogP contribution in [0.15, 0.2) is 41.0 Å². The van der Waals surface area contributed by atoms with Crippen molar-refractivity contribution in [2.75, 3.05) is 6.54 Å². The van der Waals surface area contributed by atoms with Crippen molar-refractivity contribution in [3.63, 3.8) is 0 Å². The van der Waals surface area contributed by atoms with Gasteiger partial charge in [-0.25, -0.2) is 0 Å². The molecular formula is C15H19NO2. The molecule has 0 aliphatic rings. The quantitative estimate of drug-likeness (QED) is 0.848. The minimum atomic E-state index is 0.542. The van der Waals surface area contributed by atoms with Crippen LogP contribution in [-0.4, -0.2) is 6.54 Å². The van der Waals surface area contributed by atoms with Gasteiger partial charge in [0.1, 0.15) is 18.1 Å². The largest absolute Gasteiger partial charge is 0.489 e. The highest BCUT2D eigenvalue weighted by molar-refractivity contribution is 5.28. The van der Waals surface area contributed by atoms with Crippen LogP contribution >= 0.6 is 0 Å². The summed E-state index contributed by atoms with van der Waals surface area (Å²) in [5.74, 6) is 1.84. The highest BCUT2D eigenvalue weighted by Crippen LogP contribution is 2.17. The SMILES string of the molecule is CCNCc1occc1COc1cccc(C)c1. The second-order valence-electron chi connectivity index (χ2n) is 4.25. The Labute approximate surface area is 108 Å². The summed E-state index contributed by atoms with van der Waals surface area (Å²) >= 11 is 0. The maximum Gasteiger partial charge on any atom is 0.124 e. The third kappa shape index (κ3) is 3.37. The van der Waals surface area contributed by atoms with E-state index in [9.17, 15) is 0 Å². The fourth-order valence-corrected chi connectivity index (χ4v) is 1.76. The Morgan fingerprint density at radius 2 is 2.17 bits per heavy atom. The zero-order valence-electron chi connectivity index (χ0n) is 10.9. The summed E-state index contributed by atoms with van der Waals surface area (Å²) in [5, 5.41) is 3.25. The lowest BCUT2D eigenvalue weighted by molar-refractivity contribution is 0.301. The average Bonchev–Trinajstić information content (AvgIpc) is 2.81. The summed E-state index contributed by atoms with van der Waals surface area (Å²) in [4.78, 5) is 0. The third-order valence-electron chi connectivity index (χ3n) is 2.76. The van der Waals surface area contributed by atoms with Crippen LogP contribution < -0.4 is 10.1 Å². The van der Waals surface area contributed by atoms with Gasteiger partial charge in [0.25, 0.3) is 0 Å². The zero-order chi connectivity index (χ0) is 12.8. The molecule has 1 N–H and O–H groups in total. The van der Waals surface area contributed by atoms with Crippen LogP contribution in [0.4, 0.5) is 0 Å². The molecule has 1 aromatic heterocycles. The summed E-state index contributed by atoms with van der Waals surface area (Å²) in [6.45, 7) is 6.35. The van der Waals surface area contributed by atoms with Crippen molar-refractivity contribution in [2.45, 2.75) is 27.0 Å². The van der Waals surface area contributed by atoms with E-state index in [4.69, 9.17) is 9.15 Å². The number of hydrogen-bond acceptors (Lipinski definition) is 3. The smallest absolute Gasteiger partial charge is 0.124 e. The van der Waals surface area contributed by atoms with E-state index in [1.807, 2.05) is 24.3 Å². The van der Waals surface area contributed by atoms with Gasteiger partial charge < -0.3 is 14.5 Å². The lowest BCUT2D eigenvalue weighted by Gasteiger charge is -2.07. The van der Waals surface area contributed by atoms with Crippen LogP contribution in [0, 0.1) is 6.92 Å². The first kappa shape index (κ1) is 12.7. The Balaban J connectivity index is 1.95. The lowest BCUT2D eigenvalue weighted by atomic mass is 10.2. The Hall–Kier alpha value is -1.74. The number of rotatable bonds is 6. The standard InChI is InChI=1S/C15H19NO2/c1-3-16-10-15-13(7-8-17-15)11-18-14-6-4-5-12(2)9-14/h4-9,16H,3,10-11H2,1-2H3. The molecule has 0 atom stereocenters. The maximum absolute atomic E-state index is 5.76. The topological polar surface area (TPSA) is 34.4 Å². The van der Waals surface area contributed by atoms with Crippen molar-refractivity contribution in [1.29, 1.82) is 0 Å². The highest BCUT2D eigenvalue weighted by Gasteiger charge is 2.06. The molecule has 0 aliphatic carbocycles. The molecule has 0 unspecified atom stereocenters. The normalized spacial score (nSPS) is 10.6. The summed E-state index contributed by atoms with van der Waals surface area (Å²) < 4.78 is 11.2. The van der Waals surface area contributed by atoms with E-state index in [1.165, 1.54) is 5.56 Å². The molecule has 1 heterocycles. The molecule has 0 saturated carbocycles. The molecule has 0 fully saturated rings. The molecule has 0 saturated heterocycles. The van der Waals surface area contributed by atoms with Gasteiger partial charge in [-0.15, -0.1) is 0 Å². The number of nitrogens with one attached hydrogen (secondary N) is 1. The van der Waals surface area contributed by atoms with E-state index in [-0.39, 0.29) is 0 Å². The molecule has 0 bridgehead atoms. The van der Waals surface area contributed by atoms with E-state index in [2.05, 4.69) is 25.2 Å². The van der Waals surface area contributed by atoms with Gasteiger partial charge >= 0.3 is 0 Å². The van der Waals surface area contributed by atoms with Gasteiger partial charge in [-0.1, -0.05) is 19.1 Å². The zero-order valence-corrected chi connectivity index (χ0v) is 10.9. The Morgan fingerprint density at radius 1 is 1.28 bits per heavy atom. The Morgan fingerprint density at radius 3 is 2.94 bits per heavy atom. The van der Waals surface area contributed by atoms with Crippen molar-refractivity contribution in [2.24, 2.45) is 0 Å². The van der Waals surface area contributed by atoms with Crippen molar-refractivity contribution >= 4 is 0 Å². The van der Waals surface area contributed by atoms with Crippen LogP contribution in [-0.2, 0) is 13.2 Å². The molecule has 18 heavy (non-hydrogen) atoms. The molecule has 0 spiro atoms. The van der Waals surface area contributed by atoms with Gasteiger partial charge in [-0.2, -0.15) is 0 Å². The molecule has 3 nitrogen and oxygen atoms in total. The minimum absolute atomic E-state index is 0.542. The van der Waals surface area contributed by atoms with Crippen LogP contribution in [0.25, 0.3) is 0 Å². The van der Waals surface area contributed by atoms with Crippen LogP contribution in [0.5, 0.6) is 5.75 Å². The Kier molecular flexibility index (Phi) is 4.42. The second-order valence-corrected chi connectivity index (χ2v) is 4.25. The number of furan rings is 1. The van der Waals surface area contributed by atoms with Crippen LogP contribution in [0.2, 0.25) is 0 Å². The van der Waals surface area contributed by atoms with Gasteiger partial charge in [0.05, 0.1) is 12.8 Å². The van der Waals surface area contributed by atoms with Crippen LogP contribution in [0.1, 0.15) is 23.8 Å². The van der Waals surface area contributed by atoms with Crippen molar-refractivity contribution in [3.05, 3.63) is 53.5 Å². The number of ether oxygens (including phenoxy) is 1. The van der Waals surface area contributed by atoms with Gasteiger partial charge in [0, 0.05) is 5.56 Å². The molecule has 0 radical (unpaired) electrons. The molecule has 3 heteroatoms. The molecule has 96 valence electrons. The molecule has 2 aromatic rings. The second kappa shape index (κ2) is 6.26. The van der Waals surface area contributed by atoms with Gasteiger partial charge in [0.2, 0.25) is 0 Å². The van der Waals surface area contributed by atoms with Crippen molar-refractivity contribution < 1.29 is 9.15 Å². The van der Waals surface area contributed by atoms with E-state index in [0.717, 1.165) is 30.2 Å². The maximum atomic E-state index is 5.76. The van der Waals surface area contributed by atoms with Crippen molar-refractivity contribution in [1.82, 2.24) is 5.32 Å².